The summed E-state index contributed by atoms with van der Waals surface area (Å²) in [5.41, 5.74) is 7.44. The lowest BCUT2D eigenvalue weighted by molar-refractivity contribution is -0.252. The Morgan fingerprint density at radius 2 is 1.59 bits per heavy atom. The van der Waals surface area contributed by atoms with Crippen molar-refractivity contribution >= 4 is 11.8 Å². The number of β-amino-alcohol motifs (C(OH)–C–C–N with tert-alkyl or cyclic N) is 1. The number of aliphatic hydroxyl groups excluding tert-OH is 2. The van der Waals surface area contributed by atoms with Crippen molar-refractivity contribution < 1.29 is 34.5 Å². The lowest BCUT2D eigenvalue weighted by Crippen LogP contribution is -2.38. The molecule has 3 aromatic rings. The molecule has 2 heterocycles. The Kier molecular flexibility index (Phi) is 12.3. The number of hydroxylamine groups is 1. The average Bonchev–Trinajstić information content (AvgIpc) is 3.51. The van der Waals surface area contributed by atoms with E-state index in [0.29, 0.717) is 38.8 Å². The molecule has 2 saturated heterocycles. The van der Waals surface area contributed by atoms with Crippen molar-refractivity contribution in [3.05, 3.63) is 95.1 Å². The number of nitrogens with zero attached hydrogens (tertiary/aromatic N) is 1. The van der Waals surface area contributed by atoms with Gasteiger partial charge in [-0.25, -0.2) is 5.48 Å². The molecule has 10 heteroatoms. The molecule has 246 valence electrons. The van der Waals surface area contributed by atoms with Gasteiger partial charge in [0, 0.05) is 51.0 Å². The predicted octanol–water partition coefficient (Wildman–Crippen LogP) is 4.53. The van der Waals surface area contributed by atoms with E-state index < -0.39 is 12.2 Å². The predicted molar refractivity (Wildman–Crippen MR) is 172 cm³/mol. The molecule has 0 aliphatic carbocycles. The fourth-order valence-electron chi connectivity index (χ4n) is 6.12. The van der Waals surface area contributed by atoms with Gasteiger partial charge >= 0.3 is 0 Å². The molecule has 0 radical (unpaired) electrons. The number of aliphatic hydroxyl groups is 2. The third-order valence-electron chi connectivity index (χ3n) is 8.67. The molecular formula is C36H45N3O7. The van der Waals surface area contributed by atoms with Crippen molar-refractivity contribution in [3.63, 3.8) is 0 Å². The van der Waals surface area contributed by atoms with Gasteiger partial charge in [-0.3, -0.25) is 19.7 Å². The topological polar surface area (TPSA) is 141 Å². The van der Waals surface area contributed by atoms with Crippen molar-refractivity contribution in [3.8, 4) is 11.1 Å². The molecular weight excluding hydrogens is 586 g/mol. The van der Waals surface area contributed by atoms with Gasteiger partial charge in [0.2, 0.25) is 11.8 Å². The van der Waals surface area contributed by atoms with Gasteiger partial charge in [-0.15, -0.1) is 0 Å². The van der Waals surface area contributed by atoms with Crippen molar-refractivity contribution in [2.45, 2.75) is 82.7 Å². The molecule has 4 atom stereocenters. The molecule has 46 heavy (non-hydrogen) atoms. The Morgan fingerprint density at radius 1 is 0.848 bits per heavy atom. The van der Waals surface area contributed by atoms with Crippen molar-refractivity contribution in [2.75, 3.05) is 19.6 Å². The zero-order chi connectivity index (χ0) is 32.3. The first-order chi connectivity index (χ1) is 22.4. The molecule has 0 spiro atoms. The van der Waals surface area contributed by atoms with Crippen LogP contribution in [-0.4, -0.2) is 64.0 Å². The summed E-state index contributed by atoms with van der Waals surface area (Å²) >= 11 is 0. The molecule has 2 fully saturated rings. The Morgan fingerprint density at radius 3 is 2.30 bits per heavy atom. The zero-order valence-corrected chi connectivity index (χ0v) is 26.1. The second-order valence-electron chi connectivity index (χ2n) is 12.3. The number of ether oxygens (including phenoxy) is 2. The van der Waals surface area contributed by atoms with E-state index in [0.717, 1.165) is 59.3 Å². The Bertz CT molecular complexity index is 1430. The van der Waals surface area contributed by atoms with E-state index in [4.69, 9.17) is 14.7 Å². The second kappa shape index (κ2) is 16.8. The van der Waals surface area contributed by atoms with Crippen molar-refractivity contribution in [1.82, 2.24) is 15.7 Å². The van der Waals surface area contributed by atoms with E-state index in [1.807, 2.05) is 54.6 Å². The number of unbranched alkanes of at least 4 members (excludes halogenated alkanes) is 2. The lowest BCUT2D eigenvalue weighted by Gasteiger charge is -2.38. The first-order valence-corrected chi connectivity index (χ1v) is 16.2. The maximum Gasteiger partial charge on any atom is 0.243 e. The maximum absolute atomic E-state index is 12.4. The Balaban J connectivity index is 1.23. The van der Waals surface area contributed by atoms with E-state index >= 15 is 0 Å². The Hall–Kier alpha value is -3.64. The van der Waals surface area contributed by atoms with Crippen LogP contribution in [0, 0.1) is 0 Å². The highest BCUT2D eigenvalue weighted by Crippen LogP contribution is 2.39. The van der Waals surface area contributed by atoms with Gasteiger partial charge in [0.25, 0.3) is 0 Å². The number of likely N-dealkylation sites (tertiary alicyclic amines) is 1. The molecule has 5 rings (SSSR count). The van der Waals surface area contributed by atoms with Gasteiger partial charge in [-0.05, 0) is 59.2 Å². The van der Waals surface area contributed by atoms with Gasteiger partial charge in [0.15, 0.2) is 6.29 Å². The van der Waals surface area contributed by atoms with Crippen LogP contribution in [0.25, 0.3) is 11.1 Å². The summed E-state index contributed by atoms with van der Waals surface area (Å²) in [7, 11) is 0. The van der Waals surface area contributed by atoms with Crippen LogP contribution < -0.4 is 10.8 Å². The van der Waals surface area contributed by atoms with Crippen LogP contribution in [0.5, 0.6) is 0 Å². The minimum Gasteiger partial charge on any atom is -0.392 e. The number of rotatable bonds is 14. The van der Waals surface area contributed by atoms with E-state index in [9.17, 15) is 19.8 Å². The highest BCUT2D eigenvalue weighted by Gasteiger charge is 2.34. The van der Waals surface area contributed by atoms with Gasteiger partial charge in [0.1, 0.15) is 0 Å². The van der Waals surface area contributed by atoms with Gasteiger partial charge in [0.05, 0.1) is 24.9 Å². The monoisotopic (exact) mass is 631 g/mol. The van der Waals surface area contributed by atoms with Crippen LogP contribution in [0.15, 0.2) is 72.8 Å². The molecule has 0 saturated carbocycles. The number of amides is 2. The molecule has 2 amide bonds. The highest BCUT2D eigenvalue weighted by atomic mass is 16.7. The minimum absolute atomic E-state index is 0.00708. The Labute approximate surface area is 270 Å². The van der Waals surface area contributed by atoms with Crippen molar-refractivity contribution in [1.29, 1.82) is 0 Å². The highest BCUT2D eigenvalue weighted by molar-refractivity contribution is 5.76. The van der Waals surface area contributed by atoms with Gasteiger partial charge in [-0.2, -0.15) is 0 Å². The molecule has 5 N–H and O–H groups in total. The van der Waals surface area contributed by atoms with Crippen LogP contribution in [0.2, 0.25) is 0 Å². The third-order valence-corrected chi connectivity index (χ3v) is 8.67. The molecule has 0 bridgehead atoms. The van der Waals surface area contributed by atoms with E-state index in [1.54, 1.807) is 5.48 Å². The third kappa shape index (κ3) is 9.68. The number of nitrogens with one attached hydrogen (secondary N) is 2. The number of carbonyl (C=O) groups is 2. The molecule has 2 aliphatic heterocycles. The number of carbonyl (C=O) groups excluding carboxylic acids is 2. The molecule has 2 aliphatic rings. The fourth-order valence-corrected chi connectivity index (χ4v) is 6.12. The standard InChI is InChI=1S/C36H45N3O7/c40-24-25-12-14-27(15-13-25)33-20-32(23-39-17-16-31(41)22-39)45-36(46-33)30-9-5-8-29(19-30)28-7-4-6-26(18-28)21-37-34(42)10-2-1-3-11-35(43)38-44/h4-9,12-15,18-19,31-33,36,40-41,44H,1-3,10-11,16-17,20-24H2,(H,37,42)(H,38,43)/t31-,32+,33-,36-/m0/s1. The zero-order valence-electron chi connectivity index (χ0n) is 26.1. The van der Waals surface area contributed by atoms with E-state index in [-0.39, 0.29) is 37.2 Å². The number of hydrogen-bond donors (Lipinski definition) is 5. The summed E-state index contributed by atoms with van der Waals surface area (Å²) in [6, 6.07) is 24.1. The van der Waals surface area contributed by atoms with Crippen LogP contribution in [0.3, 0.4) is 0 Å². The average molecular weight is 632 g/mol. The minimum atomic E-state index is -0.575. The molecule has 0 unspecified atom stereocenters. The largest absolute Gasteiger partial charge is 0.392 e. The first kappa shape index (κ1) is 33.7. The normalized spacial score (nSPS) is 21.6. The number of benzene rings is 3. The molecule has 0 aromatic heterocycles. The SMILES string of the molecule is O=C(CCCCCC(=O)NCc1cccc(-c2cccc([C@H]3O[C@@H](CN4CC[C@H](O)C4)C[C@@H](c4ccc(CO)cc4)O3)c2)c1)NO. The van der Waals surface area contributed by atoms with Crippen LogP contribution in [-0.2, 0) is 32.2 Å². The number of hydrogen-bond acceptors (Lipinski definition) is 8. The lowest BCUT2D eigenvalue weighted by atomic mass is 9.98. The van der Waals surface area contributed by atoms with Crippen LogP contribution >= 0.6 is 0 Å². The van der Waals surface area contributed by atoms with Gasteiger partial charge < -0.3 is 25.0 Å². The van der Waals surface area contributed by atoms with E-state index in [1.165, 1.54) is 0 Å². The molecule has 3 aromatic carbocycles. The summed E-state index contributed by atoms with van der Waals surface area (Å²) in [5, 5.41) is 31.1. The summed E-state index contributed by atoms with van der Waals surface area (Å²) < 4.78 is 13.1. The maximum atomic E-state index is 12.4. The summed E-state index contributed by atoms with van der Waals surface area (Å²) in [4.78, 5) is 25.7. The fraction of sp³-hybridized carbons (Fsp3) is 0.444. The van der Waals surface area contributed by atoms with Gasteiger partial charge in [-0.1, -0.05) is 67.1 Å². The second-order valence-corrected chi connectivity index (χ2v) is 12.3. The molecule has 10 nitrogen and oxygen atoms in total. The summed E-state index contributed by atoms with van der Waals surface area (Å²) in [6.07, 6.45) is 3.00. The summed E-state index contributed by atoms with van der Waals surface area (Å²) in [5.74, 6) is -0.449. The van der Waals surface area contributed by atoms with Crippen LogP contribution in [0.1, 0.15) is 79.6 Å². The first-order valence-electron chi connectivity index (χ1n) is 16.2. The van der Waals surface area contributed by atoms with Crippen LogP contribution in [0.4, 0.5) is 0 Å². The smallest absolute Gasteiger partial charge is 0.243 e. The quantitative estimate of drug-likeness (QED) is 0.0994. The van der Waals surface area contributed by atoms with E-state index in [2.05, 4.69) is 28.4 Å². The summed E-state index contributed by atoms with van der Waals surface area (Å²) in [6.45, 7) is 2.63. The van der Waals surface area contributed by atoms with Crippen molar-refractivity contribution in [2.24, 2.45) is 0 Å².